The van der Waals surface area contributed by atoms with Gasteiger partial charge in [0.1, 0.15) is 11.5 Å². The third kappa shape index (κ3) is 10.5. The number of hydrogen-bond acceptors (Lipinski definition) is 8. The minimum atomic E-state index is -4.12. The Morgan fingerprint density at radius 3 is 2.00 bits per heavy atom. The summed E-state index contributed by atoms with van der Waals surface area (Å²) in [6, 6.07) is 33.0. The molecule has 0 saturated carbocycles. The van der Waals surface area contributed by atoms with Gasteiger partial charge in [0, 0.05) is 30.7 Å². The summed E-state index contributed by atoms with van der Waals surface area (Å²) in [5, 5.41) is 7.07. The van der Waals surface area contributed by atoms with Crippen LogP contribution < -0.4 is 10.7 Å². The highest BCUT2D eigenvalue weighted by atomic mass is 35.5. The molecule has 1 aromatic heterocycles. The summed E-state index contributed by atoms with van der Waals surface area (Å²) in [6.07, 6.45) is 1.59. The van der Waals surface area contributed by atoms with Crippen molar-refractivity contribution in [3.63, 3.8) is 0 Å². The standard InChI is InChI=1S/C37H36ClN5O7S2/c1-28(44)40-32-16-20-36(21-17-32)51(46,47)42(23-22-29-8-4-2-5-9-29)27-37(45)41-39-24-33-18-19-34(50-33)26-43(25-30-12-14-31(38)15-13-30)52(48,49)35-10-6-3-7-11-35/h2-21,24H,22-23,25-27H2,1H3,(H,40,44)(H,41,45)/b39-24-. The molecule has 2 N–H and O–H groups in total. The van der Waals surface area contributed by atoms with Gasteiger partial charge in [0.05, 0.1) is 29.1 Å². The molecule has 270 valence electrons. The van der Waals surface area contributed by atoms with Crippen LogP contribution in [0.1, 0.15) is 29.6 Å². The number of halogens is 1. The Labute approximate surface area is 307 Å². The summed E-state index contributed by atoms with van der Waals surface area (Å²) in [5.41, 5.74) is 4.39. The Bertz CT molecular complexity index is 2210. The second-order valence-corrected chi connectivity index (χ2v) is 15.9. The fourth-order valence-electron chi connectivity index (χ4n) is 5.09. The molecule has 52 heavy (non-hydrogen) atoms. The second-order valence-electron chi connectivity index (χ2n) is 11.6. The highest BCUT2D eigenvalue weighted by molar-refractivity contribution is 7.89. The van der Waals surface area contributed by atoms with Crippen LogP contribution in [0.4, 0.5) is 5.69 Å². The van der Waals surface area contributed by atoms with Crippen LogP contribution in [0.3, 0.4) is 0 Å². The zero-order chi connectivity index (χ0) is 37.1. The smallest absolute Gasteiger partial charge is 0.255 e. The van der Waals surface area contributed by atoms with E-state index in [1.165, 1.54) is 53.8 Å². The monoisotopic (exact) mass is 761 g/mol. The third-order valence-electron chi connectivity index (χ3n) is 7.67. The van der Waals surface area contributed by atoms with Crippen molar-refractivity contribution in [2.24, 2.45) is 5.10 Å². The number of nitrogens with zero attached hydrogens (tertiary/aromatic N) is 3. The molecule has 4 aromatic carbocycles. The molecule has 15 heteroatoms. The lowest BCUT2D eigenvalue weighted by Crippen LogP contribution is -2.40. The van der Waals surface area contributed by atoms with Crippen molar-refractivity contribution < 1.29 is 30.8 Å². The molecule has 0 aliphatic heterocycles. The lowest BCUT2D eigenvalue weighted by Gasteiger charge is -2.21. The molecule has 5 rings (SSSR count). The Morgan fingerprint density at radius 2 is 1.35 bits per heavy atom. The molecule has 0 atom stereocenters. The second kappa shape index (κ2) is 17.4. The lowest BCUT2D eigenvalue weighted by atomic mass is 10.1. The van der Waals surface area contributed by atoms with E-state index in [2.05, 4.69) is 15.8 Å². The molecule has 0 aliphatic rings. The number of nitrogens with one attached hydrogen (secondary N) is 2. The minimum absolute atomic E-state index is 0.0108. The number of anilines is 1. The van der Waals surface area contributed by atoms with Gasteiger partial charge >= 0.3 is 0 Å². The van der Waals surface area contributed by atoms with Crippen LogP contribution in [-0.4, -0.2) is 56.6 Å². The average Bonchev–Trinajstić information content (AvgIpc) is 3.58. The minimum Gasteiger partial charge on any atom is -0.459 e. The Morgan fingerprint density at radius 1 is 0.731 bits per heavy atom. The number of carbonyl (C=O) groups is 2. The van der Waals surface area contributed by atoms with Gasteiger partial charge in [-0.25, -0.2) is 22.3 Å². The summed E-state index contributed by atoms with van der Waals surface area (Å²) in [6.45, 7) is 0.786. The van der Waals surface area contributed by atoms with Gasteiger partial charge in [-0.1, -0.05) is 72.3 Å². The van der Waals surface area contributed by atoms with Gasteiger partial charge in [0.25, 0.3) is 5.91 Å². The number of hydrazone groups is 1. The molecule has 0 saturated heterocycles. The number of amides is 2. The number of carbonyl (C=O) groups excluding carboxylic acids is 2. The Balaban J connectivity index is 1.27. The molecule has 1 heterocycles. The van der Waals surface area contributed by atoms with Gasteiger partial charge in [-0.2, -0.15) is 13.7 Å². The predicted octanol–water partition coefficient (Wildman–Crippen LogP) is 5.67. The maximum absolute atomic E-state index is 13.7. The molecule has 5 aromatic rings. The Kier molecular flexibility index (Phi) is 12.8. The lowest BCUT2D eigenvalue weighted by molar-refractivity contribution is -0.121. The number of hydrogen-bond donors (Lipinski definition) is 2. The topological polar surface area (TPSA) is 158 Å². The summed E-state index contributed by atoms with van der Waals surface area (Å²) in [5.74, 6) is -0.441. The zero-order valence-electron chi connectivity index (χ0n) is 28.1. The van der Waals surface area contributed by atoms with Gasteiger partial charge < -0.3 is 9.73 Å². The van der Waals surface area contributed by atoms with Crippen LogP contribution in [0.15, 0.2) is 141 Å². The molecular weight excluding hydrogens is 726 g/mol. The van der Waals surface area contributed by atoms with E-state index in [0.29, 0.717) is 22.9 Å². The summed E-state index contributed by atoms with van der Waals surface area (Å²) in [7, 11) is -8.05. The SMILES string of the molecule is CC(=O)Nc1ccc(S(=O)(=O)N(CCc2ccccc2)CC(=O)N/N=C\c2ccc(CN(Cc3ccc(Cl)cc3)S(=O)(=O)c3ccccc3)o2)cc1. The summed E-state index contributed by atoms with van der Waals surface area (Å²) >= 11 is 6.03. The molecule has 2 amide bonds. The molecule has 0 fully saturated rings. The molecule has 12 nitrogen and oxygen atoms in total. The van der Waals surface area contributed by atoms with Crippen LogP contribution in [0.5, 0.6) is 0 Å². The van der Waals surface area contributed by atoms with Crippen molar-refractivity contribution in [3.8, 4) is 0 Å². The quantitative estimate of drug-likeness (QED) is 0.0970. The number of rotatable bonds is 16. The highest BCUT2D eigenvalue weighted by Gasteiger charge is 2.28. The van der Waals surface area contributed by atoms with E-state index in [1.54, 1.807) is 54.6 Å². The van der Waals surface area contributed by atoms with E-state index in [-0.39, 0.29) is 41.1 Å². The molecule has 0 aliphatic carbocycles. The molecular formula is C37H36ClN5O7S2. The maximum Gasteiger partial charge on any atom is 0.255 e. The van der Waals surface area contributed by atoms with E-state index in [4.69, 9.17) is 16.0 Å². The summed E-state index contributed by atoms with van der Waals surface area (Å²) in [4.78, 5) is 24.5. The van der Waals surface area contributed by atoms with Crippen molar-refractivity contribution in [1.82, 2.24) is 14.0 Å². The first-order valence-electron chi connectivity index (χ1n) is 16.0. The van der Waals surface area contributed by atoms with Crippen molar-refractivity contribution in [2.45, 2.75) is 36.2 Å². The first kappa shape index (κ1) is 38.1. The van der Waals surface area contributed by atoms with Gasteiger partial charge in [0.2, 0.25) is 26.0 Å². The predicted molar refractivity (Wildman–Crippen MR) is 198 cm³/mol. The number of benzene rings is 4. The fourth-order valence-corrected chi connectivity index (χ4v) is 8.03. The fraction of sp³-hybridized carbons (Fsp3) is 0.162. The van der Waals surface area contributed by atoms with Crippen molar-refractivity contribution >= 4 is 55.4 Å². The average molecular weight is 762 g/mol. The molecule has 0 bridgehead atoms. The maximum atomic E-state index is 13.7. The molecule has 0 unspecified atom stereocenters. The third-order valence-corrected chi connectivity index (χ3v) is 11.6. The number of sulfonamides is 2. The van der Waals surface area contributed by atoms with Crippen molar-refractivity contribution in [3.05, 3.63) is 149 Å². The highest BCUT2D eigenvalue weighted by Crippen LogP contribution is 2.23. The van der Waals surface area contributed by atoms with Crippen molar-refractivity contribution in [2.75, 3.05) is 18.4 Å². The van der Waals surface area contributed by atoms with E-state index in [9.17, 15) is 26.4 Å². The first-order chi connectivity index (χ1) is 24.9. The summed E-state index contributed by atoms with van der Waals surface area (Å²) < 4.78 is 62.7. The number of furan rings is 1. The van der Waals surface area contributed by atoms with Crippen LogP contribution in [-0.2, 0) is 49.1 Å². The van der Waals surface area contributed by atoms with E-state index in [1.807, 2.05) is 30.3 Å². The van der Waals surface area contributed by atoms with Crippen LogP contribution in [0.2, 0.25) is 5.02 Å². The van der Waals surface area contributed by atoms with Gasteiger partial charge in [0.15, 0.2) is 0 Å². The van der Waals surface area contributed by atoms with Crippen LogP contribution in [0.25, 0.3) is 0 Å². The first-order valence-corrected chi connectivity index (χ1v) is 19.3. The van der Waals surface area contributed by atoms with Crippen LogP contribution in [0, 0.1) is 0 Å². The van der Waals surface area contributed by atoms with Gasteiger partial charge in [-0.15, -0.1) is 0 Å². The largest absolute Gasteiger partial charge is 0.459 e. The van der Waals surface area contributed by atoms with Gasteiger partial charge in [-0.05, 0) is 78.2 Å². The molecule has 0 spiro atoms. The zero-order valence-corrected chi connectivity index (χ0v) is 30.4. The molecule has 0 radical (unpaired) electrons. The Hall–Kier alpha value is -5.12. The van der Waals surface area contributed by atoms with Crippen LogP contribution >= 0.6 is 11.6 Å². The van der Waals surface area contributed by atoms with E-state index in [0.717, 1.165) is 15.4 Å². The van der Waals surface area contributed by atoms with E-state index < -0.39 is 32.5 Å². The van der Waals surface area contributed by atoms with E-state index >= 15 is 0 Å². The van der Waals surface area contributed by atoms with Gasteiger partial charge in [-0.3, -0.25) is 9.59 Å². The normalized spacial score (nSPS) is 12.0. The van der Waals surface area contributed by atoms with Crippen molar-refractivity contribution in [1.29, 1.82) is 0 Å².